The molecule has 2 aromatic rings. The van der Waals surface area contributed by atoms with Gasteiger partial charge in [-0.2, -0.15) is 0 Å². The first-order valence-corrected chi connectivity index (χ1v) is 9.59. The van der Waals surface area contributed by atoms with Gasteiger partial charge in [-0.1, -0.05) is 62.7 Å². The predicted octanol–water partition coefficient (Wildman–Crippen LogP) is 5.36. The summed E-state index contributed by atoms with van der Waals surface area (Å²) >= 11 is 0. The molecule has 2 atom stereocenters. The molecule has 1 aliphatic carbocycles. The molecule has 0 aromatic heterocycles. The molecular formula is C23H27N3. The van der Waals surface area contributed by atoms with Crippen molar-refractivity contribution in [1.29, 1.82) is 0 Å². The van der Waals surface area contributed by atoms with E-state index in [-0.39, 0.29) is 5.41 Å². The van der Waals surface area contributed by atoms with Crippen LogP contribution < -0.4 is 5.73 Å². The molecule has 0 bridgehead atoms. The van der Waals surface area contributed by atoms with Gasteiger partial charge in [0.2, 0.25) is 0 Å². The van der Waals surface area contributed by atoms with Crippen molar-refractivity contribution < 1.29 is 0 Å². The first-order chi connectivity index (χ1) is 12.5. The maximum absolute atomic E-state index is 6.26. The number of fused-ring (bicyclic) bond motifs is 3. The van der Waals surface area contributed by atoms with Crippen molar-refractivity contribution in [2.75, 3.05) is 0 Å². The summed E-state index contributed by atoms with van der Waals surface area (Å²) < 4.78 is 0. The fraction of sp³-hybridized carbons (Fsp3) is 0.391. The van der Waals surface area contributed by atoms with Crippen molar-refractivity contribution >= 4 is 17.4 Å². The summed E-state index contributed by atoms with van der Waals surface area (Å²) in [6, 6.07) is 18.6. The molecule has 0 spiro atoms. The average Bonchev–Trinajstić information content (AvgIpc) is 3.21. The molecule has 26 heavy (non-hydrogen) atoms. The van der Waals surface area contributed by atoms with E-state index >= 15 is 0 Å². The summed E-state index contributed by atoms with van der Waals surface area (Å²) in [6.45, 7) is 4.83. The van der Waals surface area contributed by atoms with E-state index in [1.807, 2.05) is 30.3 Å². The highest BCUT2D eigenvalue weighted by Gasteiger charge is 2.61. The maximum Gasteiger partial charge on any atom is 0.162 e. The molecule has 3 heteroatoms. The molecule has 2 N–H and O–H groups in total. The highest BCUT2D eigenvalue weighted by Crippen LogP contribution is 2.67. The lowest BCUT2D eigenvalue weighted by Gasteiger charge is -2.22. The average molecular weight is 345 g/mol. The van der Waals surface area contributed by atoms with Crippen molar-refractivity contribution in [2.45, 2.75) is 51.4 Å². The molecule has 1 saturated carbocycles. The Balaban J connectivity index is 1.89. The van der Waals surface area contributed by atoms with E-state index in [0.717, 1.165) is 29.9 Å². The number of benzene rings is 2. The molecule has 0 amide bonds. The minimum atomic E-state index is 0.190. The number of nitrogens with two attached hydrogens (primary N) is 1. The summed E-state index contributed by atoms with van der Waals surface area (Å²) in [5.41, 5.74) is 10.2. The van der Waals surface area contributed by atoms with E-state index in [1.54, 1.807) is 0 Å². The van der Waals surface area contributed by atoms with Crippen LogP contribution in [0, 0.1) is 5.41 Å². The van der Waals surface area contributed by atoms with Gasteiger partial charge in [-0.3, -0.25) is 0 Å². The zero-order valence-corrected chi connectivity index (χ0v) is 15.7. The quantitative estimate of drug-likeness (QED) is 0.743. The highest BCUT2D eigenvalue weighted by molar-refractivity contribution is 6.08. The number of hydrogen-bond donors (Lipinski definition) is 1. The Morgan fingerprint density at radius 2 is 1.69 bits per heavy atom. The van der Waals surface area contributed by atoms with Crippen molar-refractivity contribution in [2.24, 2.45) is 21.1 Å². The van der Waals surface area contributed by atoms with E-state index in [9.17, 15) is 0 Å². The van der Waals surface area contributed by atoms with Crippen molar-refractivity contribution in [3.63, 3.8) is 0 Å². The topological polar surface area (TPSA) is 50.7 Å². The molecule has 3 nitrogen and oxygen atoms in total. The highest BCUT2D eigenvalue weighted by atomic mass is 15.0. The number of nitrogens with zero attached hydrogens (tertiary/aromatic N) is 2. The van der Waals surface area contributed by atoms with Gasteiger partial charge in [0.05, 0.1) is 5.69 Å². The molecule has 0 saturated heterocycles. The van der Waals surface area contributed by atoms with Crippen LogP contribution in [0.15, 0.2) is 64.6 Å². The minimum absolute atomic E-state index is 0.190. The lowest BCUT2D eigenvalue weighted by atomic mass is 9.83. The molecule has 1 unspecified atom stereocenters. The Morgan fingerprint density at radius 1 is 0.962 bits per heavy atom. The Kier molecular flexibility index (Phi) is 4.18. The van der Waals surface area contributed by atoms with Gasteiger partial charge in [-0.25, -0.2) is 9.98 Å². The van der Waals surface area contributed by atoms with Crippen LogP contribution in [0.5, 0.6) is 0 Å². The molecule has 2 aliphatic rings. The normalized spacial score (nSPS) is 29.9. The number of para-hydroxylation sites is 1. The fourth-order valence-corrected chi connectivity index (χ4v) is 4.46. The van der Waals surface area contributed by atoms with Crippen LogP contribution in [0.3, 0.4) is 0 Å². The van der Waals surface area contributed by atoms with Gasteiger partial charge in [0, 0.05) is 12.0 Å². The Labute approximate surface area is 156 Å². The Bertz CT molecular complexity index is 868. The molecule has 1 fully saturated rings. The third kappa shape index (κ3) is 2.96. The lowest BCUT2D eigenvalue weighted by molar-refractivity contribution is 0.420. The van der Waals surface area contributed by atoms with Gasteiger partial charge in [-0.15, -0.1) is 0 Å². The summed E-state index contributed by atoms with van der Waals surface area (Å²) in [6.07, 6.45) is 5.61. The van der Waals surface area contributed by atoms with Gasteiger partial charge in [0.15, 0.2) is 5.84 Å². The largest absolute Gasteiger partial charge is 0.387 e. The molecular weight excluding hydrogens is 318 g/mol. The SMILES string of the molecule is CC12C[C@@]1(C)CCCCC(N)=NC(=Nc1ccccc1)c1ccccc12. The first-order valence-electron chi connectivity index (χ1n) is 9.59. The molecule has 134 valence electrons. The van der Waals surface area contributed by atoms with Crippen LogP contribution in [0.25, 0.3) is 0 Å². The Morgan fingerprint density at radius 3 is 2.50 bits per heavy atom. The standard InChI is InChI=1S/C23H27N3/c1-22-15-9-8-14-20(24)26-21(25-17-10-4-3-5-11-17)18-12-6-7-13-19(18)23(22,2)16-22/h3-7,10-13H,8-9,14-16H2,1-2H3,(H2,24,25,26)/t22-,23?/m1/s1. The first kappa shape index (κ1) is 17.0. The third-order valence-corrected chi connectivity index (χ3v) is 6.37. The van der Waals surface area contributed by atoms with Crippen LogP contribution in [-0.4, -0.2) is 11.7 Å². The summed E-state index contributed by atoms with van der Waals surface area (Å²) in [4.78, 5) is 9.64. The Hall–Kier alpha value is -2.42. The number of aliphatic imine (C=N–C) groups is 2. The van der Waals surface area contributed by atoms with Gasteiger partial charge in [-0.05, 0) is 47.8 Å². The van der Waals surface area contributed by atoms with Crippen LogP contribution in [0.4, 0.5) is 5.69 Å². The number of rotatable bonds is 1. The molecule has 2 aromatic carbocycles. The van der Waals surface area contributed by atoms with E-state index < -0.39 is 0 Å². The number of amidine groups is 2. The van der Waals surface area contributed by atoms with Crippen molar-refractivity contribution in [1.82, 2.24) is 0 Å². The second kappa shape index (κ2) is 6.39. The molecule has 1 aliphatic heterocycles. The van der Waals surface area contributed by atoms with Gasteiger partial charge in [0.25, 0.3) is 0 Å². The maximum atomic E-state index is 6.26. The number of hydrogen-bond acceptors (Lipinski definition) is 2. The van der Waals surface area contributed by atoms with Crippen molar-refractivity contribution in [3.8, 4) is 0 Å². The summed E-state index contributed by atoms with van der Waals surface area (Å²) in [5.74, 6) is 1.42. The van der Waals surface area contributed by atoms with E-state index in [4.69, 9.17) is 15.7 Å². The molecule has 0 radical (unpaired) electrons. The van der Waals surface area contributed by atoms with Gasteiger partial charge >= 0.3 is 0 Å². The summed E-state index contributed by atoms with van der Waals surface area (Å²) in [7, 11) is 0. The lowest BCUT2D eigenvalue weighted by Crippen LogP contribution is -2.18. The molecule has 4 rings (SSSR count). The monoisotopic (exact) mass is 345 g/mol. The van der Waals surface area contributed by atoms with E-state index in [0.29, 0.717) is 11.3 Å². The minimum Gasteiger partial charge on any atom is -0.387 e. The molecule has 1 heterocycles. The second-order valence-corrected chi connectivity index (χ2v) is 8.20. The smallest absolute Gasteiger partial charge is 0.162 e. The van der Waals surface area contributed by atoms with E-state index in [1.165, 1.54) is 24.8 Å². The second-order valence-electron chi connectivity index (χ2n) is 8.20. The van der Waals surface area contributed by atoms with Crippen LogP contribution >= 0.6 is 0 Å². The van der Waals surface area contributed by atoms with Crippen LogP contribution in [-0.2, 0) is 5.41 Å². The van der Waals surface area contributed by atoms with Gasteiger partial charge in [0.1, 0.15) is 5.84 Å². The fourth-order valence-electron chi connectivity index (χ4n) is 4.46. The van der Waals surface area contributed by atoms with E-state index in [2.05, 4.69) is 38.1 Å². The summed E-state index contributed by atoms with van der Waals surface area (Å²) in [5, 5.41) is 0. The third-order valence-electron chi connectivity index (χ3n) is 6.37. The predicted molar refractivity (Wildman–Crippen MR) is 109 cm³/mol. The zero-order valence-electron chi connectivity index (χ0n) is 15.7. The van der Waals surface area contributed by atoms with Crippen molar-refractivity contribution in [3.05, 3.63) is 65.7 Å². The van der Waals surface area contributed by atoms with Crippen LogP contribution in [0.2, 0.25) is 0 Å². The van der Waals surface area contributed by atoms with Gasteiger partial charge < -0.3 is 5.73 Å². The van der Waals surface area contributed by atoms with Crippen LogP contribution in [0.1, 0.15) is 57.1 Å². The zero-order chi connectivity index (χ0) is 18.2.